The first-order valence-electron chi connectivity index (χ1n) is 2.72. The second-order valence-corrected chi connectivity index (χ2v) is 3.22. The summed E-state index contributed by atoms with van der Waals surface area (Å²) in [6, 6.07) is 1.37. The summed E-state index contributed by atoms with van der Waals surface area (Å²) in [4.78, 5) is 0. The van der Waals surface area contributed by atoms with Crippen LogP contribution < -0.4 is 11.5 Å². The van der Waals surface area contributed by atoms with Crippen LogP contribution in [0.1, 0.15) is 0 Å². The average Bonchev–Trinajstić information content (AvgIpc) is 1.97. The van der Waals surface area contributed by atoms with Gasteiger partial charge in [0, 0.05) is 0 Å². The first-order valence-corrected chi connectivity index (χ1v) is 3.89. The normalized spacial score (nSPS) is 10.1. The highest BCUT2D eigenvalue weighted by Gasteiger charge is 2.10. The van der Waals surface area contributed by atoms with Crippen molar-refractivity contribution in [1.82, 2.24) is 0 Å². The van der Waals surface area contributed by atoms with Gasteiger partial charge in [-0.15, -0.1) is 0 Å². The van der Waals surface area contributed by atoms with E-state index in [-0.39, 0.29) is 20.9 Å². The van der Waals surface area contributed by atoms with Crippen molar-refractivity contribution >= 4 is 38.9 Å². The van der Waals surface area contributed by atoms with Gasteiger partial charge in [0.05, 0.1) is 15.8 Å². The van der Waals surface area contributed by atoms with Gasteiger partial charge in [-0.1, -0.05) is 11.6 Å². The molecule has 0 spiro atoms. The van der Waals surface area contributed by atoms with Gasteiger partial charge < -0.3 is 11.5 Å². The molecule has 0 aliphatic heterocycles. The molecular formula is C6H5BrClFN2. The highest BCUT2D eigenvalue weighted by molar-refractivity contribution is 9.10. The topological polar surface area (TPSA) is 52.0 Å². The molecule has 0 amide bonds. The maximum absolute atomic E-state index is 12.9. The lowest BCUT2D eigenvalue weighted by molar-refractivity contribution is 0.622. The van der Waals surface area contributed by atoms with Gasteiger partial charge in [-0.25, -0.2) is 4.39 Å². The minimum Gasteiger partial charge on any atom is -0.397 e. The van der Waals surface area contributed by atoms with E-state index in [2.05, 4.69) is 15.9 Å². The van der Waals surface area contributed by atoms with Gasteiger partial charge in [-0.2, -0.15) is 0 Å². The summed E-state index contributed by atoms with van der Waals surface area (Å²) < 4.78 is 13.1. The van der Waals surface area contributed by atoms with Crippen LogP contribution in [0.25, 0.3) is 0 Å². The van der Waals surface area contributed by atoms with Crippen molar-refractivity contribution in [2.45, 2.75) is 0 Å². The smallest absolute Gasteiger partial charge is 0.158 e. The second-order valence-electron chi connectivity index (χ2n) is 1.99. The molecule has 0 radical (unpaired) electrons. The number of benzene rings is 1. The summed E-state index contributed by atoms with van der Waals surface area (Å²) in [6.07, 6.45) is 0. The van der Waals surface area contributed by atoms with E-state index in [9.17, 15) is 4.39 Å². The standard InChI is InChI=1S/C6H5BrClFN2/c7-2-1-3(10)6(11)4(8)5(2)9/h1H,10-11H2. The lowest BCUT2D eigenvalue weighted by Gasteiger charge is -2.04. The van der Waals surface area contributed by atoms with E-state index in [4.69, 9.17) is 23.1 Å². The van der Waals surface area contributed by atoms with Crippen molar-refractivity contribution in [2.24, 2.45) is 0 Å². The number of anilines is 2. The summed E-state index contributed by atoms with van der Waals surface area (Å²) >= 11 is 8.41. The number of halogens is 3. The Morgan fingerprint density at radius 1 is 1.45 bits per heavy atom. The van der Waals surface area contributed by atoms with Crippen LogP contribution in [-0.4, -0.2) is 0 Å². The molecular weight excluding hydrogens is 234 g/mol. The molecule has 60 valence electrons. The Balaban J connectivity index is 3.46. The molecule has 0 heterocycles. The highest BCUT2D eigenvalue weighted by Crippen LogP contribution is 2.33. The van der Waals surface area contributed by atoms with E-state index in [1.54, 1.807) is 0 Å². The van der Waals surface area contributed by atoms with Gasteiger partial charge >= 0.3 is 0 Å². The Morgan fingerprint density at radius 2 is 2.00 bits per heavy atom. The van der Waals surface area contributed by atoms with Crippen molar-refractivity contribution in [3.63, 3.8) is 0 Å². The van der Waals surface area contributed by atoms with Crippen LogP contribution >= 0.6 is 27.5 Å². The molecule has 0 saturated carbocycles. The van der Waals surface area contributed by atoms with E-state index >= 15 is 0 Å². The lowest BCUT2D eigenvalue weighted by atomic mass is 10.3. The number of nitrogens with two attached hydrogens (primary N) is 2. The predicted octanol–water partition coefficient (Wildman–Crippen LogP) is 2.41. The molecule has 0 aromatic heterocycles. The molecule has 5 heteroatoms. The molecule has 4 N–H and O–H groups in total. The molecule has 0 saturated heterocycles. The number of nitrogen functional groups attached to an aromatic ring is 2. The SMILES string of the molecule is Nc1cc(Br)c(F)c(Cl)c1N. The molecule has 0 unspecified atom stereocenters. The van der Waals surface area contributed by atoms with Crippen LogP contribution in [0.4, 0.5) is 15.8 Å². The van der Waals surface area contributed by atoms with E-state index < -0.39 is 5.82 Å². The number of rotatable bonds is 0. The zero-order valence-electron chi connectivity index (χ0n) is 5.37. The Kier molecular flexibility index (Phi) is 2.25. The summed E-state index contributed by atoms with van der Waals surface area (Å²) in [5, 5.41) is -0.142. The highest BCUT2D eigenvalue weighted by atomic mass is 79.9. The van der Waals surface area contributed by atoms with E-state index in [1.165, 1.54) is 6.07 Å². The van der Waals surface area contributed by atoms with Gasteiger partial charge in [0.2, 0.25) is 0 Å². The third kappa shape index (κ3) is 1.41. The maximum atomic E-state index is 12.9. The van der Waals surface area contributed by atoms with Gasteiger partial charge in [-0.3, -0.25) is 0 Å². The molecule has 2 nitrogen and oxygen atoms in total. The zero-order chi connectivity index (χ0) is 8.59. The minimum atomic E-state index is -0.585. The Hall–Kier alpha value is -0.480. The molecule has 11 heavy (non-hydrogen) atoms. The fraction of sp³-hybridized carbons (Fsp3) is 0. The number of hydrogen-bond acceptors (Lipinski definition) is 2. The van der Waals surface area contributed by atoms with Crippen molar-refractivity contribution in [3.8, 4) is 0 Å². The molecule has 0 aliphatic rings. The quantitative estimate of drug-likeness (QED) is 0.539. The molecule has 1 rings (SSSR count). The van der Waals surface area contributed by atoms with Crippen molar-refractivity contribution in [3.05, 3.63) is 21.4 Å². The van der Waals surface area contributed by atoms with Crippen molar-refractivity contribution in [1.29, 1.82) is 0 Å². The molecule has 0 fully saturated rings. The molecule has 0 atom stereocenters. The number of hydrogen-bond donors (Lipinski definition) is 2. The van der Waals surface area contributed by atoms with Crippen molar-refractivity contribution < 1.29 is 4.39 Å². The maximum Gasteiger partial charge on any atom is 0.158 e. The van der Waals surface area contributed by atoms with Crippen LogP contribution in [0.15, 0.2) is 10.5 Å². The van der Waals surface area contributed by atoms with Crippen LogP contribution in [0.5, 0.6) is 0 Å². The Labute approximate surface area is 76.4 Å². The fourth-order valence-corrected chi connectivity index (χ4v) is 1.40. The van der Waals surface area contributed by atoms with Gasteiger partial charge in [-0.05, 0) is 22.0 Å². The molecule has 0 bridgehead atoms. The largest absolute Gasteiger partial charge is 0.397 e. The third-order valence-corrected chi connectivity index (χ3v) is 2.18. The summed E-state index contributed by atoms with van der Waals surface area (Å²) in [5.41, 5.74) is 11.1. The second kappa shape index (κ2) is 2.87. The summed E-state index contributed by atoms with van der Waals surface area (Å²) in [5.74, 6) is -0.585. The predicted molar refractivity (Wildman–Crippen MR) is 47.9 cm³/mol. The van der Waals surface area contributed by atoms with Crippen LogP contribution in [0.2, 0.25) is 5.02 Å². The van der Waals surface area contributed by atoms with Crippen LogP contribution in [0, 0.1) is 5.82 Å². The van der Waals surface area contributed by atoms with Crippen LogP contribution in [-0.2, 0) is 0 Å². The fourth-order valence-electron chi connectivity index (χ4n) is 0.627. The summed E-state index contributed by atoms with van der Waals surface area (Å²) in [7, 11) is 0. The van der Waals surface area contributed by atoms with Gasteiger partial charge in [0.15, 0.2) is 5.82 Å². The Morgan fingerprint density at radius 3 is 2.55 bits per heavy atom. The van der Waals surface area contributed by atoms with Crippen LogP contribution in [0.3, 0.4) is 0 Å². The third-order valence-electron chi connectivity index (χ3n) is 1.23. The monoisotopic (exact) mass is 238 g/mol. The Bertz CT molecular complexity index is 277. The molecule has 1 aromatic rings. The van der Waals surface area contributed by atoms with E-state index in [0.717, 1.165) is 0 Å². The van der Waals surface area contributed by atoms with E-state index in [0.29, 0.717) is 0 Å². The van der Waals surface area contributed by atoms with Crippen molar-refractivity contribution in [2.75, 3.05) is 11.5 Å². The minimum absolute atomic E-state index is 0.0763. The first-order chi connectivity index (χ1) is 5.04. The molecule has 0 aliphatic carbocycles. The van der Waals surface area contributed by atoms with Gasteiger partial charge in [0.25, 0.3) is 0 Å². The first kappa shape index (κ1) is 8.62. The molecule has 1 aromatic carbocycles. The zero-order valence-corrected chi connectivity index (χ0v) is 7.71. The lowest BCUT2D eigenvalue weighted by Crippen LogP contribution is -1.97. The average molecular weight is 239 g/mol. The summed E-state index contributed by atoms with van der Waals surface area (Å²) in [6.45, 7) is 0. The van der Waals surface area contributed by atoms with Gasteiger partial charge in [0.1, 0.15) is 5.02 Å². The van der Waals surface area contributed by atoms with E-state index in [1.807, 2.05) is 0 Å².